The number of fused-ring (bicyclic) bond motifs is 2. The Kier molecular flexibility index (Phi) is 4.93. The van der Waals surface area contributed by atoms with E-state index < -0.39 is 27.2 Å². The van der Waals surface area contributed by atoms with Crippen LogP contribution in [0.2, 0.25) is 0 Å². The third-order valence-corrected chi connectivity index (χ3v) is 7.95. The van der Waals surface area contributed by atoms with Gasteiger partial charge in [-0.1, -0.05) is 24.3 Å². The molecule has 0 atom stereocenters. The number of halogens is 3. The van der Waals surface area contributed by atoms with Crippen LogP contribution in [0.1, 0.15) is 30.9 Å². The van der Waals surface area contributed by atoms with E-state index in [0.717, 1.165) is 23.4 Å². The first-order valence-corrected chi connectivity index (χ1v) is 11.1. The van der Waals surface area contributed by atoms with Crippen LogP contribution < -0.4 is 4.90 Å². The number of nitrogens with zero attached hydrogens (tertiary/aromatic N) is 2. The van der Waals surface area contributed by atoms with Gasteiger partial charge in [-0.25, -0.2) is 8.42 Å². The summed E-state index contributed by atoms with van der Waals surface area (Å²) in [4.78, 5) is 14.5. The minimum atomic E-state index is -4.62. The van der Waals surface area contributed by atoms with E-state index in [1.54, 1.807) is 4.90 Å². The first kappa shape index (κ1) is 20.9. The molecule has 30 heavy (non-hydrogen) atoms. The topological polar surface area (TPSA) is 57.7 Å². The molecule has 2 heterocycles. The van der Waals surface area contributed by atoms with E-state index in [0.29, 0.717) is 12.6 Å². The molecular weight excluding hydrogens is 417 g/mol. The molecule has 160 valence electrons. The van der Waals surface area contributed by atoms with Crippen LogP contribution in [0, 0.1) is 0 Å². The van der Waals surface area contributed by atoms with Gasteiger partial charge in [-0.2, -0.15) is 17.5 Å². The number of alkyl halides is 3. The molecule has 5 nitrogen and oxygen atoms in total. The molecule has 0 N–H and O–H groups in total. The van der Waals surface area contributed by atoms with Crippen LogP contribution in [-0.4, -0.2) is 38.3 Å². The van der Waals surface area contributed by atoms with Gasteiger partial charge in [-0.3, -0.25) is 4.79 Å². The number of sulfonamides is 1. The minimum Gasteiger partial charge on any atom is -0.312 e. The summed E-state index contributed by atoms with van der Waals surface area (Å²) in [7, 11) is -4.10. The first-order chi connectivity index (χ1) is 14.1. The number of likely N-dealkylation sites (N-methyl/N-ethyl adjacent to an activating group) is 1. The Bertz CT molecular complexity index is 1090. The maximum Gasteiger partial charge on any atom is 0.416 e. The lowest BCUT2D eigenvalue weighted by Gasteiger charge is -2.37. The van der Waals surface area contributed by atoms with Gasteiger partial charge in [0.25, 0.3) is 0 Å². The first-order valence-electron chi connectivity index (χ1n) is 9.70. The molecule has 0 bridgehead atoms. The van der Waals surface area contributed by atoms with Crippen molar-refractivity contribution in [1.82, 2.24) is 4.31 Å². The van der Waals surface area contributed by atoms with Crippen molar-refractivity contribution < 1.29 is 26.4 Å². The molecular formula is C21H21F3N2O3S. The van der Waals surface area contributed by atoms with Gasteiger partial charge in [0.05, 0.1) is 15.9 Å². The Morgan fingerprint density at radius 1 is 1.03 bits per heavy atom. The lowest BCUT2D eigenvalue weighted by atomic mass is 9.74. The van der Waals surface area contributed by atoms with E-state index in [2.05, 4.69) is 0 Å². The fraction of sp³-hybridized carbons (Fsp3) is 0.381. The van der Waals surface area contributed by atoms with E-state index in [4.69, 9.17) is 0 Å². The summed E-state index contributed by atoms with van der Waals surface area (Å²) in [6, 6.07) is 11.3. The van der Waals surface area contributed by atoms with E-state index in [1.807, 2.05) is 31.2 Å². The highest BCUT2D eigenvalue weighted by Gasteiger charge is 2.52. The molecule has 2 aromatic rings. The zero-order valence-corrected chi connectivity index (χ0v) is 17.1. The van der Waals surface area contributed by atoms with Crippen molar-refractivity contribution in [1.29, 1.82) is 0 Å². The van der Waals surface area contributed by atoms with Crippen LogP contribution in [-0.2, 0) is 26.4 Å². The van der Waals surface area contributed by atoms with E-state index in [9.17, 15) is 26.4 Å². The average Bonchev–Trinajstić information content (AvgIpc) is 2.96. The van der Waals surface area contributed by atoms with E-state index >= 15 is 0 Å². The van der Waals surface area contributed by atoms with Crippen molar-refractivity contribution in [2.24, 2.45) is 0 Å². The smallest absolute Gasteiger partial charge is 0.312 e. The van der Waals surface area contributed by atoms with Crippen LogP contribution in [0.5, 0.6) is 0 Å². The molecule has 1 saturated heterocycles. The number of amides is 1. The fourth-order valence-corrected chi connectivity index (χ4v) is 5.97. The molecule has 1 spiro atoms. The van der Waals surface area contributed by atoms with Gasteiger partial charge in [0.2, 0.25) is 15.9 Å². The number of piperidine rings is 1. The van der Waals surface area contributed by atoms with Crippen LogP contribution in [0.15, 0.2) is 53.4 Å². The van der Waals surface area contributed by atoms with Gasteiger partial charge in [0, 0.05) is 25.3 Å². The lowest BCUT2D eigenvalue weighted by molar-refractivity contribution is -0.137. The number of hydrogen-bond donors (Lipinski definition) is 0. The Hall–Kier alpha value is -2.39. The molecule has 2 aromatic carbocycles. The highest BCUT2D eigenvalue weighted by atomic mass is 32.2. The number of carbonyl (C=O) groups excluding carboxylic acids is 1. The van der Waals surface area contributed by atoms with Crippen molar-refractivity contribution in [3.05, 3.63) is 59.7 Å². The molecule has 0 unspecified atom stereocenters. The normalized spacial score (nSPS) is 19.3. The number of rotatable bonds is 3. The van der Waals surface area contributed by atoms with Crippen molar-refractivity contribution in [2.75, 3.05) is 24.5 Å². The predicted octanol–water partition coefficient (Wildman–Crippen LogP) is 3.79. The van der Waals surface area contributed by atoms with Gasteiger partial charge in [-0.15, -0.1) is 0 Å². The molecule has 2 aliphatic rings. The van der Waals surface area contributed by atoms with Gasteiger partial charge >= 0.3 is 6.18 Å². The summed E-state index contributed by atoms with van der Waals surface area (Å²) >= 11 is 0. The van der Waals surface area contributed by atoms with Crippen molar-refractivity contribution in [3.8, 4) is 0 Å². The third kappa shape index (κ3) is 3.11. The van der Waals surface area contributed by atoms with Gasteiger partial charge < -0.3 is 4.90 Å². The highest BCUT2D eigenvalue weighted by Crippen LogP contribution is 2.48. The molecule has 1 amide bonds. The number of benzene rings is 2. The summed E-state index contributed by atoms with van der Waals surface area (Å²) in [5, 5.41) is 0. The second-order valence-corrected chi connectivity index (χ2v) is 9.52. The highest BCUT2D eigenvalue weighted by molar-refractivity contribution is 7.89. The SMILES string of the molecule is CCN1C(=O)C2(CCN(S(=O)(=O)c3cccc(C(F)(F)F)c3)CC2)c2ccccc21. The second kappa shape index (κ2) is 7.09. The Morgan fingerprint density at radius 2 is 1.70 bits per heavy atom. The van der Waals surface area contributed by atoms with Gasteiger partial charge in [0.15, 0.2) is 0 Å². The van der Waals surface area contributed by atoms with Crippen LogP contribution in [0.3, 0.4) is 0 Å². The fourth-order valence-electron chi connectivity index (χ4n) is 4.48. The van der Waals surface area contributed by atoms with Crippen molar-refractivity contribution in [3.63, 3.8) is 0 Å². The molecule has 1 fully saturated rings. The van der Waals surface area contributed by atoms with Gasteiger partial charge in [0.1, 0.15) is 0 Å². The molecule has 0 aliphatic carbocycles. The molecule has 0 aromatic heterocycles. The molecule has 0 radical (unpaired) electrons. The minimum absolute atomic E-state index is 0.0395. The monoisotopic (exact) mass is 438 g/mol. The number of anilines is 1. The molecule has 0 saturated carbocycles. The quantitative estimate of drug-likeness (QED) is 0.733. The summed E-state index contributed by atoms with van der Waals surface area (Å²) < 4.78 is 66.1. The van der Waals surface area contributed by atoms with Crippen molar-refractivity contribution >= 4 is 21.6 Å². The van der Waals surface area contributed by atoms with Crippen LogP contribution in [0.4, 0.5) is 18.9 Å². The summed E-state index contributed by atoms with van der Waals surface area (Å²) in [5.74, 6) is -0.0395. The van der Waals surface area contributed by atoms with Crippen LogP contribution in [0.25, 0.3) is 0 Å². The maximum atomic E-state index is 13.2. The number of para-hydroxylation sites is 1. The van der Waals surface area contributed by atoms with E-state index in [1.165, 1.54) is 10.4 Å². The standard InChI is InChI=1S/C21H21F3N2O3S/c1-2-26-18-9-4-3-8-17(18)20(19(26)27)10-12-25(13-11-20)30(28,29)16-7-5-6-15(14-16)21(22,23)24/h3-9,14H,2,10-13H2,1H3. The van der Waals surface area contributed by atoms with Crippen molar-refractivity contribution in [2.45, 2.75) is 36.3 Å². The Labute approximate surface area is 173 Å². The Morgan fingerprint density at radius 3 is 2.33 bits per heavy atom. The largest absolute Gasteiger partial charge is 0.416 e. The zero-order valence-electron chi connectivity index (χ0n) is 16.3. The summed E-state index contributed by atoms with van der Waals surface area (Å²) in [6.45, 7) is 2.54. The predicted molar refractivity (Wildman–Crippen MR) is 106 cm³/mol. The number of hydrogen-bond acceptors (Lipinski definition) is 3. The second-order valence-electron chi connectivity index (χ2n) is 7.58. The maximum absolute atomic E-state index is 13.2. The zero-order chi connectivity index (χ0) is 21.7. The van der Waals surface area contributed by atoms with Crippen LogP contribution >= 0.6 is 0 Å². The third-order valence-electron chi connectivity index (χ3n) is 6.06. The Balaban J connectivity index is 1.62. The molecule has 4 rings (SSSR count). The van der Waals surface area contributed by atoms with E-state index in [-0.39, 0.29) is 36.7 Å². The summed E-state index contributed by atoms with van der Waals surface area (Å²) in [5.41, 5.74) is -0.0467. The molecule has 2 aliphatic heterocycles. The summed E-state index contributed by atoms with van der Waals surface area (Å²) in [6.07, 6.45) is -4.05. The van der Waals surface area contributed by atoms with Gasteiger partial charge in [-0.05, 0) is 49.6 Å². The lowest BCUT2D eigenvalue weighted by Crippen LogP contribution is -2.50. The molecule has 9 heteroatoms. The average molecular weight is 438 g/mol. The number of carbonyl (C=O) groups is 1.